The third-order valence-corrected chi connectivity index (χ3v) is 5.02. The van der Waals surface area contributed by atoms with E-state index < -0.39 is 6.61 Å². The molecule has 0 atom stereocenters. The number of anilines is 1. The molecule has 1 aromatic carbocycles. The summed E-state index contributed by atoms with van der Waals surface area (Å²) in [5.41, 5.74) is 2.01. The van der Waals surface area contributed by atoms with Gasteiger partial charge in [0.15, 0.2) is 0 Å². The Kier molecular flexibility index (Phi) is 6.52. The van der Waals surface area contributed by atoms with Gasteiger partial charge >= 0.3 is 6.61 Å². The lowest BCUT2D eigenvalue weighted by atomic mass is 10.1. The largest absolute Gasteiger partial charge is 0.433 e. The van der Waals surface area contributed by atoms with Gasteiger partial charge in [0.2, 0.25) is 0 Å². The topological polar surface area (TPSA) is 58.6 Å². The Bertz CT molecular complexity index is 906. The van der Waals surface area contributed by atoms with Crippen LogP contribution in [0, 0.1) is 6.92 Å². The Balaban J connectivity index is 0.00000117. The second-order valence-electron chi connectivity index (χ2n) is 6.55. The monoisotopic (exact) mass is 424 g/mol. The average molecular weight is 425 g/mol. The van der Waals surface area contributed by atoms with Gasteiger partial charge < -0.3 is 14.5 Å². The number of rotatable bonds is 4. The molecular formula is C20H23ClF2N4O2. The maximum Gasteiger partial charge on any atom is 0.387 e. The summed E-state index contributed by atoms with van der Waals surface area (Å²) in [5.74, 6) is 1.04. The molecule has 0 saturated carbocycles. The number of alkyl halides is 2. The van der Waals surface area contributed by atoms with Crippen molar-refractivity contribution in [1.82, 2.24) is 14.9 Å². The van der Waals surface area contributed by atoms with Crippen LogP contribution in [0.4, 0.5) is 14.6 Å². The van der Waals surface area contributed by atoms with E-state index >= 15 is 0 Å². The Morgan fingerprint density at radius 2 is 1.93 bits per heavy atom. The summed E-state index contributed by atoms with van der Waals surface area (Å²) in [6.07, 6.45) is 1.12. The maximum absolute atomic E-state index is 12.9. The van der Waals surface area contributed by atoms with Gasteiger partial charge in [-0.25, -0.2) is 9.97 Å². The van der Waals surface area contributed by atoms with Crippen molar-refractivity contribution in [1.29, 1.82) is 0 Å². The molecule has 0 bridgehead atoms. The molecule has 0 unspecified atom stereocenters. The van der Waals surface area contributed by atoms with Crippen molar-refractivity contribution in [3.05, 3.63) is 45.9 Å². The molecule has 0 spiro atoms. The van der Waals surface area contributed by atoms with Crippen LogP contribution < -0.4 is 9.64 Å². The maximum atomic E-state index is 12.9. The predicted octanol–water partition coefficient (Wildman–Crippen LogP) is 4.43. The lowest BCUT2D eigenvalue weighted by Crippen LogP contribution is -2.38. The van der Waals surface area contributed by atoms with Gasteiger partial charge in [-0.3, -0.25) is 4.79 Å². The molecule has 156 valence electrons. The molecule has 0 aliphatic carbocycles. The van der Waals surface area contributed by atoms with E-state index in [4.69, 9.17) is 11.6 Å². The van der Waals surface area contributed by atoms with Crippen LogP contribution in [-0.4, -0.2) is 40.5 Å². The summed E-state index contributed by atoms with van der Waals surface area (Å²) in [4.78, 5) is 25.7. The number of ether oxygens (including phenoxy) is 1. The van der Waals surface area contributed by atoms with Gasteiger partial charge in [-0.15, -0.1) is 0 Å². The fraction of sp³-hybridized carbons (Fsp3) is 0.450. The number of fused-ring (bicyclic) bond motifs is 1. The molecule has 3 heterocycles. The second kappa shape index (κ2) is 8.90. The summed E-state index contributed by atoms with van der Waals surface area (Å²) in [6, 6.07) is 4.12. The standard InChI is InChI=1S/C18H17ClF2N4O2.C2H6/c1-10-22-14-9-25(8-12(14)16(23-10)24-5-2-6-24)17(26)11-3-4-13(19)15(7-11)27-18(20)21;1-2/h3-4,7,18H,2,5-6,8-9H2,1H3;1-2H3. The number of amides is 1. The first-order valence-electron chi connectivity index (χ1n) is 9.57. The third kappa shape index (κ3) is 4.42. The summed E-state index contributed by atoms with van der Waals surface area (Å²) in [6.45, 7) is 5.45. The van der Waals surface area contributed by atoms with Gasteiger partial charge in [0.05, 0.1) is 23.8 Å². The highest BCUT2D eigenvalue weighted by Crippen LogP contribution is 2.33. The summed E-state index contributed by atoms with van der Waals surface area (Å²) in [7, 11) is 0. The van der Waals surface area contributed by atoms with Crippen LogP contribution in [0.3, 0.4) is 0 Å². The Hall–Kier alpha value is -2.48. The third-order valence-electron chi connectivity index (χ3n) is 4.71. The predicted molar refractivity (Wildman–Crippen MR) is 107 cm³/mol. The van der Waals surface area contributed by atoms with E-state index in [1.807, 2.05) is 20.8 Å². The summed E-state index contributed by atoms with van der Waals surface area (Å²) < 4.78 is 29.4. The number of hydrogen-bond acceptors (Lipinski definition) is 5. The minimum Gasteiger partial charge on any atom is -0.433 e. The molecule has 4 rings (SSSR count). The van der Waals surface area contributed by atoms with E-state index in [9.17, 15) is 13.6 Å². The number of aromatic nitrogens is 2. The molecular weight excluding hydrogens is 402 g/mol. The fourth-order valence-electron chi connectivity index (χ4n) is 3.30. The SMILES string of the molecule is CC.Cc1nc2c(c(N3CCC3)n1)CN(C(=O)c1ccc(Cl)c(OC(F)F)c1)C2. The van der Waals surface area contributed by atoms with Crippen LogP contribution in [0.1, 0.15) is 47.7 Å². The zero-order chi connectivity index (χ0) is 21.1. The molecule has 29 heavy (non-hydrogen) atoms. The van der Waals surface area contributed by atoms with Crippen LogP contribution >= 0.6 is 11.6 Å². The lowest BCUT2D eigenvalue weighted by Gasteiger charge is -2.33. The van der Waals surface area contributed by atoms with E-state index in [1.54, 1.807) is 4.90 Å². The van der Waals surface area contributed by atoms with Crippen molar-refractivity contribution in [2.75, 3.05) is 18.0 Å². The fourth-order valence-corrected chi connectivity index (χ4v) is 3.46. The number of aryl methyl sites for hydroxylation is 1. The lowest BCUT2D eigenvalue weighted by molar-refractivity contribution is -0.0498. The molecule has 0 radical (unpaired) electrons. The molecule has 2 aromatic rings. The van der Waals surface area contributed by atoms with Crippen molar-refractivity contribution in [2.24, 2.45) is 0 Å². The van der Waals surface area contributed by atoms with Crippen molar-refractivity contribution < 1.29 is 18.3 Å². The van der Waals surface area contributed by atoms with Gasteiger partial charge in [0.1, 0.15) is 17.4 Å². The highest BCUT2D eigenvalue weighted by Gasteiger charge is 2.32. The molecule has 2 aliphatic rings. The van der Waals surface area contributed by atoms with Gasteiger partial charge in [0.25, 0.3) is 5.91 Å². The van der Waals surface area contributed by atoms with Crippen LogP contribution in [-0.2, 0) is 13.1 Å². The van der Waals surface area contributed by atoms with E-state index in [0.29, 0.717) is 18.9 Å². The molecule has 6 nitrogen and oxygen atoms in total. The summed E-state index contributed by atoms with van der Waals surface area (Å²) >= 11 is 5.87. The molecule has 1 amide bonds. The van der Waals surface area contributed by atoms with Crippen molar-refractivity contribution >= 4 is 23.3 Å². The van der Waals surface area contributed by atoms with Crippen molar-refractivity contribution in [3.63, 3.8) is 0 Å². The number of nitrogens with zero attached hydrogens (tertiary/aromatic N) is 4. The molecule has 0 N–H and O–H groups in total. The first-order valence-corrected chi connectivity index (χ1v) is 9.95. The molecule has 9 heteroatoms. The van der Waals surface area contributed by atoms with Gasteiger partial charge in [-0.1, -0.05) is 25.4 Å². The Morgan fingerprint density at radius 3 is 2.55 bits per heavy atom. The molecule has 1 fully saturated rings. The van der Waals surface area contributed by atoms with E-state index in [-0.39, 0.29) is 22.2 Å². The average Bonchev–Trinajstić information content (AvgIpc) is 3.07. The highest BCUT2D eigenvalue weighted by atomic mass is 35.5. The Labute approximate surface area is 173 Å². The summed E-state index contributed by atoms with van der Waals surface area (Å²) in [5, 5.41) is 0.0260. The van der Waals surface area contributed by atoms with Crippen LogP contribution in [0.25, 0.3) is 0 Å². The quantitative estimate of drug-likeness (QED) is 0.726. The van der Waals surface area contributed by atoms with Crippen LogP contribution in [0.15, 0.2) is 18.2 Å². The zero-order valence-corrected chi connectivity index (χ0v) is 17.3. The number of hydrogen-bond donors (Lipinski definition) is 0. The number of carbonyl (C=O) groups is 1. The van der Waals surface area contributed by atoms with Gasteiger partial charge in [0, 0.05) is 24.2 Å². The van der Waals surface area contributed by atoms with Gasteiger partial charge in [-0.2, -0.15) is 8.78 Å². The second-order valence-corrected chi connectivity index (χ2v) is 6.95. The molecule has 2 aliphatic heterocycles. The first-order chi connectivity index (χ1) is 13.9. The number of benzene rings is 1. The van der Waals surface area contributed by atoms with E-state index in [0.717, 1.165) is 36.6 Å². The van der Waals surface area contributed by atoms with Crippen LogP contribution in [0.5, 0.6) is 5.75 Å². The number of halogens is 3. The highest BCUT2D eigenvalue weighted by molar-refractivity contribution is 6.32. The minimum atomic E-state index is -3.01. The Morgan fingerprint density at radius 1 is 1.21 bits per heavy atom. The zero-order valence-electron chi connectivity index (χ0n) is 16.6. The van der Waals surface area contributed by atoms with Crippen molar-refractivity contribution in [3.8, 4) is 5.75 Å². The smallest absolute Gasteiger partial charge is 0.387 e. The molecule has 1 aromatic heterocycles. The van der Waals surface area contributed by atoms with Gasteiger partial charge in [-0.05, 0) is 31.5 Å². The van der Waals surface area contributed by atoms with E-state index in [2.05, 4.69) is 19.6 Å². The normalized spacial score (nSPS) is 14.9. The van der Waals surface area contributed by atoms with Crippen molar-refractivity contribution in [2.45, 2.75) is 46.9 Å². The van der Waals surface area contributed by atoms with E-state index in [1.165, 1.54) is 18.2 Å². The molecule has 1 saturated heterocycles. The minimum absolute atomic E-state index is 0.0260. The first kappa shape index (κ1) is 21.2. The van der Waals surface area contributed by atoms with Crippen LogP contribution in [0.2, 0.25) is 5.02 Å². The number of carbonyl (C=O) groups excluding carboxylic acids is 1.